The van der Waals surface area contributed by atoms with Crippen LogP contribution < -0.4 is 5.73 Å². The zero-order valence-electron chi connectivity index (χ0n) is 11.2. The van der Waals surface area contributed by atoms with Crippen LogP contribution in [-0.4, -0.2) is 29.4 Å². The van der Waals surface area contributed by atoms with Crippen molar-refractivity contribution in [2.45, 2.75) is 58.0 Å². The topological polar surface area (TPSA) is 46.3 Å². The minimum atomic E-state index is 0.120. The average Bonchev–Trinajstić information content (AvgIpc) is 3.08. The summed E-state index contributed by atoms with van der Waals surface area (Å²) in [5, 5.41) is 0. The lowest BCUT2D eigenvalue weighted by atomic mass is 10.0. The van der Waals surface area contributed by atoms with E-state index in [1.165, 1.54) is 0 Å². The fourth-order valence-electron chi connectivity index (χ4n) is 2.10. The lowest BCUT2D eigenvalue weighted by molar-refractivity contribution is -0.135. The van der Waals surface area contributed by atoms with Gasteiger partial charge in [-0.05, 0) is 32.6 Å². The maximum atomic E-state index is 12.2. The van der Waals surface area contributed by atoms with Gasteiger partial charge < -0.3 is 10.6 Å². The van der Waals surface area contributed by atoms with Crippen molar-refractivity contribution >= 4 is 5.91 Å². The molecule has 0 aromatic rings. The molecule has 2 N–H and O–H groups in total. The molecule has 1 saturated carbocycles. The van der Waals surface area contributed by atoms with Crippen LogP contribution in [0.15, 0.2) is 12.7 Å². The van der Waals surface area contributed by atoms with Gasteiger partial charge in [-0.15, -0.1) is 6.58 Å². The largest absolute Gasteiger partial charge is 0.336 e. The van der Waals surface area contributed by atoms with Gasteiger partial charge in [-0.25, -0.2) is 0 Å². The molecule has 0 saturated heterocycles. The first-order valence-corrected chi connectivity index (χ1v) is 6.73. The van der Waals surface area contributed by atoms with Crippen molar-refractivity contribution in [2.75, 3.05) is 6.54 Å². The molecule has 1 aliphatic carbocycles. The summed E-state index contributed by atoms with van der Waals surface area (Å²) < 4.78 is 0. The lowest BCUT2D eigenvalue weighted by Gasteiger charge is -2.24. The van der Waals surface area contributed by atoms with Crippen LogP contribution in [0.2, 0.25) is 0 Å². The third-order valence-electron chi connectivity index (χ3n) is 3.31. The highest BCUT2D eigenvalue weighted by atomic mass is 16.2. The van der Waals surface area contributed by atoms with Crippen LogP contribution in [0.25, 0.3) is 0 Å². The maximum Gasteiger partial charge on any atom is 0.225 e. The molecule has 2 unspecified atom stereocenters. The summed E-state index contributed by atoms with van der Waals surface area (Å²) in [7, 11) is 0. The molecule has 0 bridgehead atoms. The van der Waals surface area contributed by atoms with E-state index >= 15 is 0 Å². The first-order chi connectivity index (χ1) is 8.06. The van der Waals surface area contributed by atoms with E-state index in [1.54, 1.807) is 0 Å². The fraction of sp³-hybridized carbons (Fsp3) is 0.786. The summed E-state index contributed by atoms with van der Waals surface area (Å²) in [5.74, 6) is 0.409. The van der Waals surface area contributed by atoms with Gasteiger partial charge in [-0.2, -0.15) is 0 Å². The Bertz CT molecular complexity index is 259. The second kappa shape index (κ2) is 6.80. The quantitative estimate of drug-likeness (QED) is 0.660. The monoisotopic (exact) mass is 238 g/mol. The summed E-state index contributed by atoms with van der Waals surface area (Å²) in [5.41, 5.74) is 5.71. The summed E-state index contributed by atoms with van der Waals surface area (Å²) in [4.78, 5) is 14.2. The molecule has 2 atom stereocenters. The van der Waals surface area contributed by atoms with Gasteiger partial charge in [0, 0.05) is 24.5 Å². The number of carbonyl (C=O) groups is 1. The van der Waals surface area contributed by atoms with Gasteiger partial charge in [0.2, 0.25) is 5.91 Å². The third-order valence-corrected chi connectivity index (χ3v) is 3.31. The van der Waals surface area contributed by atoms with E-state index in [0.29, 0.717) is 12.6 Å². The highest BCUT2D eigenvalue weighted by molar-refractivity contribution is 5.79. The SMILES string of the molecule is C=CCN(C(=O)C(C)CCCC(C)N)C1CC1. The first-order valence-electron chi connectivity index (χ1n) is 6.73. The van der Waals surface area contributed by atoms with Gasteiger partial charge in [-0.1, -0.05) is 19.4 Å². The zero-order valence-corrected chi connectivity index (χ0v) is 11.2. The van der Waals surface area contributed by atoms with Crippen LogP contribution in [-0.2, 0) is 4.79 Å². The average molecular weight is 238 g/mol. The normalized spacial score (nSPS) is 18.5. The summed E-state index contributed by atoms with van der Waals surface area (Å²) in [6.45, 7) is 8.47. The van der Waals surface area contributed by atoms with E-state index < -0.39 is 0 Å². The zero-order chi connectivity index (χ0) is 12.8. The van der Waals surface area contributed by atoms with Crippen molar-refractivity contribution in [1.82, 2.24) is 4.90 Å². The second-order valence-corrected chi connectivity index (χ2v) is 5.32. The fourth-order valence-corrected chi connectivity index (χ4v) is 2.10. The Hall–Kier alpha value is -0.830. The summed E-state index contributed by atoms with van der Waals surface area (Å²) in [6.07, 6.45) is 7.13. The Labute approximate surface area is 105 Å². The van der Waals surface area contributed by atoms with Crippen LogP contribution in [0.4, 0.5) is 0 Å². The summed E-state index contributed by atoms with van der Waals surface area (Å²) >= 11 is 0. The van der Waals surface area contributed by atoms with Gasteiger partial charge in [0.05, 0.1) is 0 Å². The smallest absolute Gasteiger partial charge is 0.225 e. The number of nitrogens with zero attached hydrogens (tertiary/aromatic N) is 1. The molecule has 0 radical (unpaired) electrons. The van der Waals surface area contributed by atoms with Gasteiger partial charge in [-0.3, -0.25) is 4.79 Å². The van der Waals surface area contributed by atoms with Crippen LogP contribution in [0.1, 0.15) is 46.0 Å². The number of carbonyl (C=O) groups excluding carboxylic acids is 1. The minimum absolute atomic E-state index is 0.120. The van der Waals surface area contributed by atoms with E-state index in [-0.39, 0.29) is 17.9 Å². The van der Waals surface area contributed by atoms with Crippen LogP contribution >= 0.6 is 0 Å². The maximum absolute atomic E-state index is 12.2. The van der Waals surface area contributed by atoms with E-state index in [0.717, 1.165) is 32.1 Å². The standard InChI is InChI=1S/C14H26N2O/c1-4-10-16(13-8-9-13)14(17)11(2)6-5-7-12(3)15/h4,11-13H,1,5-10,15H2,2-3H3. The van der Waals surface area contributed by atoms with E-state index in [1.807, 2.05) is 24.8 Å². The van der Waals surface area contributed by atoms with Crippen molar-refractivity contribution in [3.05, 3.63) is 12.7 Å². The van der Waals surface area contributed by atoms with Crippen molar-refractivity contribution < 1.29 is 4.79 Å². The van der Waals surface area contributed by atoms with Crippen molar-refractivity contribution in [2.24, 2.45) is 11.7 Å². The Kier molecular flexibility index (Phi) is 5.69. The van der Waals surface area contributed by atoms with E-state index in [2.05, 4.69) is 6.58 Å². The lowest BCUT2D eigenvalue weighted by Crippen LogP contribution is -2.37. The molecule has 1 fully saturated rings. The second-order valence-electron chi connectivity index (χ2n) is 5.32. The Morgan fingerprint density at radius 3 is 2.59 bits per heavy atom. The van der Waals surface area contributed by atoms with Crippen LogP contribution in [0.5, 0.6) is 0 Å². The third kappa shape index (κ3) is 4.90. The molecular formula is C14H26N2O. The van der Waals surface area contributed by atoms with Gasteiger partial charge in [0.25, 0.3) is 0 Å². The van der Waals surface area contributed by atoms with Crippen LogP contribution in [0, 0.1) is 5.92 Å². The number of hydrogen-bond donors (Lipinski definition) is 1. The molecule has 0 spiro atoms. The van der Waals surface area contributed by atoms with E-state index in [4.69, 9.17) is 5.73 Å². The molecular weight excluding hydrogens is 212 g/mol. The number of hydrogen-bond acceptors (Lipinski definition) is 2. The highest BCUT2D eigenvalue weighted by Gasteiger charge is 2.33. The molecule has 0 aliphatic heterocycles. The molecule has 17 heavy (non-hydrogen) atoms. The molecule has 1 rings (SSSR count). The molecule has 1 amide bonds. The number of rotatable bonds is 8. The van der Waals surface area contributed by atoms with Crippen molar-refractivity contribution in [3.8, 4) is 0 Å². The molecule has 3 heteroatoms. The minimum Gasteiger partial charge on any atom is -0.336 e. The molecule has 0 aromatic heterocycles. The molecule has 3 nitrogen and oxygen atoms in total. The number of nitrogens with two attached hydrogens (primary N) is 1. The summed E-state index contributed by atoms with van der Waals surface area (Å²) in [6, 6.07) is 0.724. The van der Waals surface area contributed by atoms with Crippen molar-refractivity contribution in [1.29, 1.82) is 0 Å². The Balaban J connectivity index is 2.35. The molecule has 1 aliphatic rings. The molecule has 0 heterocycles. The van der Waals surface area contributed by atoms with Crippen molar-refractivity contribution in [3.63, 3.8) is 0 Å². The Morgan fingerprint density at radius 2 is 2.12 bits per heavy atom. The van der Waals surface area contributed by atoms with Gasteiger partial charge in [0.15, 0.2) is 0 Å². The van der Waals surface area contributed by atoms with Gasteiger partial charge >= 0.3 is 0 Å². The highest BCUT2D eigenvalue weighted by Crippen LogP contribution is 2.28. The predicted molar refractivity (Wildman–Crippen MR) is 71.6 cm³/mol. The molecule has 98 valence electrons. The van der Waals surface area contributed by atoms with Crippen LogP contribution in [0.3, 0.4) is 0 Å². The Morgan fingerprint density at radius 1 is 1.47 bits per heavy atom. The molecule has 0 aromatic carbocycles. The number of amides is 1. The van der Waals surface area contributed by atoms with Gasteiger partial charge in [0.1, 0.15) is 0 Å². The van der Waals surface area contributed by atoms with E-state index in [9.17, 15) is 4.79 Å². The predicted octanol–water partition coefficient (Wildman–Crippen LogP) is 2.32. The first kappa shape index (κ1) is 14.2.